The Hall–Kier alpha value is -3.06. The van der Waals surface area contributed by atoms with Gasteiger partial charge in [-0.1, -0.05) is 48.0 Å². The van der Waals surface area contributed by atoms with Crippen LogP contribution < -0.4 is 5.32 Å². The van der Waals surface area contributed by atoms with E-state index in [1.165, 1.54) is 0 Å². The fourth-order valence-corrected chi connectivity index (χ4v) is 4.23. The first-order valence-electron chi connectivity index (χ1n) is 10.4. The van der Waals surface area contributed by atoms with Crippen LogP contribution in [0.15, 0.2) is 54.6 Å². The molecule has 0 saturated carbocycles. The number of urea groups is 1. The monoisotopic (exact) mass is 440 g/mol. The van der Waals surface area contributed by atoms with E-state index in [1.807, 2.05) is 48.5 Å². The lowest BCUT2D eigenvalue weighted by molar-refractivity contribution is -0.137. The Kier molecular flexibility index (Phi) is 6.42. The highest BCUT2D eigenvalue weighted by Crippen LogP contribution is 2.25. The Morgan fingerprint density at radius 3 is 2.29 bits per heavy atom. The number of rotatable bonds is 4. The molecular formula is C23H25ClN4O3. The molecule has 2 fully saturated rings. The number of nitrogens with zero attached hydrogens (tertiary/aromatic N) is 3. The van der Waals surface area contributed by atoms with Gasteiger partial charge in [0, 0.05) is 56.4 Å². The van der Waals surface area contributed by atoms with Gasteiger partial charge in [0.25, 0.3) is 0 Å². The van der Waals surface area contributed by atoms with Crippen LogP contribution in [0.5, 0.6) is 0 Å². The van der Waals surface area contributed by atoms with Crippen LogP contribution >= 0.6 is 11.6 Å². The number of hydrogen-bond acceptors (Lipinski definition) is 3. The highest BCUT2D eigenvalue weighted by Gasteiger charge is 2.37. The first-order valence-corrected chi connectivity index (χ1v) is 10.8. The Morgan fingerprint density at radius 2 is 1.58 bits per heavy atom. The van der Waals surface area contributed by atoms with E-state index in [0.717, 1.165) is 11.3 Å². The second-order valence-corrected chi connectivity index (χ2v) is 8.28. The molecule has 31 heavy (non-hydrogen) atoms. The van der Waals surface area contributed by atoms with E-state index >= 15 is 0 Å². The van der Waals surface area contributed by atoms with Crippen molar-refractivity contribution in [3.63, 3.8) is 0 Å². The number of carbonyl (C=O) groups is 3. The fourth-order valence-electron chi connectivity index (χ4n) is 4.03. The summed E-state index contributed by atoms with van der Waals surface area (Å²) in [7, 11) is 0. The number of likely N-dealkylation sites (tertiary alicyclic amines) is 1. The summed E-state index contributed by atoms with van der Waals surface area (Å²) in [4.78, 5) is 43.0. The smallest absolute Gasteiger partial charge is 0.321 e. The van der Waals surface area contributed by atoms with Gasteiger partial charge in [0.2, 0.25) is 11.8 Å². The van der Waals surface area contributed by atoms with E-state index in [4.69, 9.17) is 11.6 Å². The first kappa shape index (κ1) is 21.2. The molecule has 0 radical (unpaired) electrons. The third kappa shape index (κ3) is 4.99. The largest absolute Gasteiger partial charge is 0.339 e. The number of carbonyl (C=O) groups excluding carboxylic acids is 3. The molecule has 1 N–H and O–H groups in total. The van der Waals surface area contributed by atoms with Crippen molar-refractivity contribution in [3.8, 4) is 0 Å². The summed E-state index contributed by atoms with van der Waals surface area (Å²) in [6.07, 6.45) is 0.220. The summed E-state index contributed by atoms with van der Waals surface area (Å²) in [5, 5.41) is 3.49. The highest BCUT2D eigenvalue weighted by atomic mass is 35.5. The van der Waals surface area contributed by atoms with Crippen molar-refractivity contribution in [2.24, 2.45) is 5.92 Å². The number of anilines is 1. The minimum atomic E-state index is -0.348. The van der Waals surface area contributed by atoms with Gasteiger partial charge < -0.3 is 20.0 Å². The maximum absolute atomic E-state index is 13.0. The van der Waals surface area contributed by atoms with Crippen LogP contribution in [0.1, 0.15) is 12.0 Å². The summed E-state index contributed by atoms with van der Waals surface area (Å²) in [5.74, 6) is -0.392. The van der Waals surface area contributed by atoms with E-state index in [2.05, 4.69) is 5.32 Å². The van der Waals surface area contributed by atoms with E-state index in [1.54, 1.807) is 20.8 Å². The summed E-state index contributed by atoms with van der Waals surface area (Å²) in [5.41, 5.74) is 1.62. The summed E-state index contributed by atoms with van der Waals surface area (Å²) >= 11 is 6.21. The Labute approximate surface area is 186 Å². The minimum Gasteiger partial charge on any atom is -0.339 e. The summed E-state index contributed by atoms with van der Waals surface area (Å²) in [6, 6.07) is 16.6. The number of amides is 4. The number of hydrogen-bond donors (Lipinski definition) is 1. The lowest BCUT2D eigenvalue weighted by Gasteiger charge is -2.35. The Morgan fingerprint density at radius 1 is 0.935 bits per heavy atom. The predicted octanol–water partition coefficient (Wildman–Crippen LogP) is 3.06. The van der Waals surface area contributed by atoms with Crippen molar-refractivity contribution in [1.29, 1.82) is 0 Å². The zero-order valence-electron chi connectivity index (χ0n) is 17.2. The van der Waals surface area contributed by atoms with Crippen molar-refractivity contribution in [2.75, 3.05) is 38.0 Å². The van der Waals surface area contributed by atoms with Crippen molar-refractivity contribution < 1.29 is 14.4 Å². The molecule has 4 amide bonds. The molecule has 2 aliphatic heterocycles. The standard InChI is InChI=1S/C23H25ClN4O3/c24-20-9-5-4-6-17(20)15-28-16-18(14-21(28)29)22(30)26-10-12-27(13-11-26)23(31)25-19-7-2-1-3-8-19/h1-9,18H,10-16H2,(H,25,31). The predicted molar refractivity (Wildman–Crippen MR) is 119 cm³/mol. The molecule has 2 heterocycles. The SMILES string of the molecule is O=C1CC(C(=O)N2CCN(C(=O)Nc3ccccc3)CC2)CN1Cc1ccccc1Cl. The average molecular weight is 441 g/mol. The third-order valence-corrected chi connectivity index (χ3v) is 6.16. The second-order valence-electron chi connectivity index (χ2n) is 7.88. The topological polar surface area (TPSA) is 73.0 Å². The number of para-hydroxylation sites is 1. The van der Waals surface area contributed by atoms with Crippen molar-refractivity contribution in [3.05, 3.63) is 65.2 Å². The van der Waals surface area contributed by atoms with Gasteiger partial charge in [-0.3, -0.25) is 9.59 Å². The molecule has 4 rings (SSSR count). The van der Waals surface area contributed by atoms with Gasteiger partial charge >= 0.3 is 6.03 Å². The summed E-state index contributed by atoms with van der Waals surface area (Å²) < 4.78 is 0. The number of nitrogens with one attached hydrogen (secondary N) is 1. The average Bonchev–Trinajstić information content (AvgIpc) is 3.16. The molecule has 2 aromatic rings. The maximum Gasteiger partial charge on any atom is 0.321 e. The van der Waals surface area contributed by atoms with Crippen LogP contribution in [0.25, 0.3) is 0 Å². The van der Waals surface area contributed by atoms with Gasteiger partial charge in [-0.15, -0.1) is 0 Å². The number of piperazine rings is 1. The molecule has 1 unspecified atom stereocenters. The van der Waals surface area contributed by atoms with Crippen LogP contribution in [0.2, 0.25) is 5.02 Å². The molecule has 0 aromatic heterocycles. The number of halogens is 1. The van der Waals surface area contributed by atoms with Crippen molar-refractivity contribution >= 4 is 35.1 Å². The van der Waals surface area contributed by atoms with Crippen LogP contribution in [-0.2, 0) is 16.1 Å². The van der Waals surface area contributed by atoms with Gasteiger partial charge in [-0.2, -0.15) is 0 Å². The van der Waals surface area contributed by atoms with Gasteiger partial charge in [0.15, 0.2) is 0 Å². The van der Waals surface area contributed by atoms with Gasteiger partial charge in [-0.05, 0) is 23.8 Å². The fraction of sp³-hybridized carbons (Fsp3) is 0.348. The molecule has 2 saturated heterocycles. The molecule has 2 aliphatic rings. The van der Waals surface area contributed by atoms with E-state index in [-0.39, 0.29) is 30.2 Å². The third-order valence-electron chi connectivity index (χ3n) is 5.79. The minimum absolute atomic E-state index is 0.0156. The molecule has 0 spiro atoms. The van der Waals surface area contributed by atoms with Gasteiger partial charge in [-0.25, -0.2) is 4.79 Å². The Bertz CT molecular complexity index is 960. The van der Waals surface area contributed by atoms with Crippen LogP contribution in [0.4, 0.5) is 10.5 Å². The molecule has 2 aromatic carbocycles. The molecule has 162 valence electrons. The number of benzene rings is 2. The zero-order chi connectivity index (χ0) is 21.8. The molecule has 7 nitrogen and oxygen atoms in total. The second kappa shape index (κ2) is 9.39. The Balaban J connectivity index is 1.28. The lowest BCUT2D eigenvalue weighted by Crippen LogP contribution is -2.53. The molecule has 0 aliphatic carbocycles. The van der Waals surface area contributed by atoms with Crippen molar-refractivity contribution in [2.45, 2.75) is 13.0 Å². The summed E-state index contributed by atoms with van der Waals surface area (Å²) in [6.45, 7) is 2.68. The molecule has 0 bridgehead atoms. The van der Waals surface area contributed by atoms with Crippen molar-refractivity contribution in [1.82, 2.24) is 14.7 Å². The van der Waals surface area contributed by atoms with Gasteiger partial charge in [0.1, 0.15) is 0 Å². The molecular weight excluding hydrogens is 416 g/mol. The van der Waals surface area contributed by atoms with E-state index in [0.29, 0.717) is 44.3 Å². The van der Waals surface area contributed by atoms with E-state index in [9.17, 15) is 14.4 Å². The maximum atomic E-state index is 13.0. The lowest BCUT2D eigenvalue weighted by atomic mass is 10.1. The van der Waals surface area contributed by atoms with Crippen LogP contribution in [0.3, 0.4) is 0 Å². The quantitative estimate of drug-likeness (QED) is 0.794. The zero-order valence-corrected chi connectivity index (χ0v) is 17.9. The highest BCUT2D eigenvalue weighted by molar-refractivity contribution is 6.31. The normalized spacial score (nSPS) is 18.9. The van der Waals surface area contributed by atoms with E-state index < -0.39 is 0 Å². The first-order chi connectivity index (χ1) is 15.0. The molecule has 1 atom stereocenters. The van der Waals surface area contributed by atoms with Crippen LogP contribution in [0, 0.1) is 5.92 Å². The molecule has 8 heteroatoms. The van der Waals surface area contributed by atoms with Gasteiger partial charge in [0.05, 0.1) is 5.92 Å². The van der Waals surface area contributed by atoms with Crippen LogP contribution in [-0.4, -0.2) is 65.3 Å².